The maximum Gasteiger partial charge on any atom is 0.340 e. The Morgan fingerprint density at radius 1 is 1.45 bits per heavy atom. The van der Waals surface area contributed by atoms with Crippen LogP contribution in [0.2, 0.25) is 0 Å². The zero-order valence-corrected chi connectivity index (χ0v) is 11.6. The summed E-state index contributed by atoms with van der Waals surface area (Å²) in [4.78, 5) is 11.7. The van der Waals surface area contributed by atoms with E-state index >= 15 is 0 Å². The standard InChI is InChI=1S/C14H18N4O2/c1-18-10(7-9-17-18)6-8-16-13-11(14(19)20-2)4-3-5-12(13)15/h3-5,7,9,16H,6,8,15H2,1-2H3. The second-order valence-corrected chi connectivity index (χ2v) is 4.38. The van der Waals surface area contributed by atoms with Crippen molar-refractivity contribution < 1.29 is 9.53 Å². The van der Waals surface area contributed by atoms with E-state index in [1.807, 2.05) is 17.8 Å². The Morgan fingerprint density at radius 2 is 2.25 bits per heavy atom. The Hall–Kier alpha value is -2.50. The van der Waals surface area contributed by atoms with Gasteiger partial charge >= 0.3 is 5.97 Å². The van der Waals surface area contributed by atoms with Crippen LogP contribution in [0.25, 0.3) is 0 Å². The fourth-order valence-electron chi connectivity index (χ4n) is 2.01. The summed E-state index contributed by atoms with van der Waals surface area (Å²) in [7, 11) is 3.25. The Balaban J connectivity index is 2.09. The van der Waals surface area contributed by atoms with E-state index < -0.39 is 5.97 Å². The number of hydrogen-bond donors (Lipinski definition) is 2. The molecule has 0 unspecified atom stereocenters. The third kappa shape index (κ3) is 2.90. The Labute approximate surface area is 117 Å². The molecule has 2 rings (SSSR count). The minimum Gasteiger partial charge on any atom is -0.465 e. The molecule has 106 valence electrons. The molecule has 0 saturated carbocycles. The first-order chi connectivity index (χ1) is 9.63. The lowest BCUT2D eigenvalue weighted by atomic mass is 10.1. The van der Waals surface area contributed by atoms with E-state index in [0.29, 0.717) is 23.5 Å². The fourth-order valence-corrected chi connectivity index (χ4v) is 2.01. The molecular formula is C14H18N4O2. The molecule has 0 amide bonds. The highest BCUT2D eigenvalue weighted by molar-refractivity contribution is 5.98. The molecule has 6 heteroatoms. The number of para-hydroxylation sites is 1. The van der Waals surface area contributed by atoms with Gasteiger partial charge in [0.05, 0.1) is 24.0 Å². The van der Waals surface area contributed by atoms with Gasteiger partial charge in [-0.25, -0.2) is 4.79 Å². The number of benzene rings is 1. The van der Waals surface area contributed by atoms with Crippen molar-refractivity contribution in [2.24, 2.45) is 7.05 Å². The molecule has 0 saturated heterocycles. The lowest BCUT2D eigenvalue weighted by Crippen LogP contribution is -2.13. The first-order valence-electron chi connectivity index (χ1n) is 6.31. The number of nitrogens with zero attached hydrogens (tertiary/aromatic N) is 2. The van der Waals surface area contributed by atoms with Gasteiger partial charge in [0.25, 0.3) is 0 Å². The zero-order valence-electron chi connectivity index (χ0n) is 11.6. The minimum atomic E-state index is -0.402. The third-order valence-corrected chi connectivity index (χ3v) is 3.11. The number of aryl methyl sites for hydroxylation is 1. The number of aromatic nitrogens is 2. The Morgan fingerprint density at radius 3 is 2.90 bits per heavy atom. The Kier molecular flexibility index (Phi) is 4.24. The van der Waals surface area contributed by atoms with Crippen LogP contribution in [0.5, 0.6) is 0 Å². The van der Waals surface area contributed by atoms with Gasteiger partial charge in [-0.05, 0) is 18.2 Å². The summed E-state index contributed by atoms with van der Waals surface area (Å²) in [6.07, 6.45) is 2.54. The van der Waals surface area contributed by atoms with Crippen molar-refractivity contribution in [1.82, 2.24) is 9.78 Å². The van der Waals surface area contributed by atoms with Crippen LogP contribution in [-0.4, -0.2) is 29.4 Å². The first-order valence-corrected chi connectivity index (χ1v) is 6.31. The number of esters is 1. The van der Waals surface area contributed by atoms with Crippen LogP contribution in [0.4, 0.5) is 11.4 Å². The highest BCUT2D eigenvalue weighted by Gasteiger charge is 2.13. The van der Waals surface area contributed by atoms with Gasteiger partial charge in [0.15, 0.2) is 0 Å². The zero-order chi connectivity index (χ0) is 14.5. The lowest BCUT2D eigenvalue weighted by Gasteiger charge is -2.13. The van der Waals surface area contributed by atoms with Gasteiger partial charge in [-0.15, -0.1) is 0 Å². The van der Waals surface area contributed by atoms with Gasteiger partial charge in [0.1, 0.15) is 0 Å². The monoisotopic (exact) mass is 274 g/mol. The van der Waals surface area contributed by atoms with Crippen molar-refractivity contribution in [2.45, 2.75) is 6.42 Å². The van der Waals surface area contributed by atoms with Crippen molar-refractivity contribution in [3.8, 4) is 0 Å². The van der Waals surface area contributed by atoms with Crippen LogP contribution in [0.15, 0.2) is 30.5 Å². The van der Waals surface area contributed by atoms with Gasteiger partial charge in [0.2, 0.25) is 0 Å². The number of nitrogens with one attached hydrogen (secondary N) is 1. The number of nitrogen functional groups attached to an aromatic ring is 1. The van der Waals surface area contributed by atoms with E-state index in [4.69, 9.17) is 10.5 Å². The molecule has 20 heavy (non-hydrogen) atoms. The first kappa shape index (κ1) is 13.9. The van der Waals surface area contributed by atoms with Crippen molar-refractivity contribution in [1.29, 1.82) is 0 Å². The predicted octanol–water partition coefficient (Wildman–Crippen LogP) is 1.44. The fraction of sp³-hybridized carbons (Fsp3) is 0.286. The summed E-state index contributed by atoms with van der Waals surface area (Å²) >= 11 is 0. The molecule has 6 nitrogen and oxygen atoms in total. The molecule has 0 atom stereocenters. The molecule has 0 aliphatic heterocycles. The summed E-state index contributed by atoms with van der Waals surface area (Å²) in [5.41, 5.74) is 8.60. The number of carbonyl (C=O) groups is 1. The average molecular weight is 274 g/mol. The molecule has 3 N–H and O–H groups in total. The molecule has 1 heterocycles. The summed E-state index contributed by atoms with van der Waals surface area (Å²) < 4.78 is 6.57. The number of hydrogen-bond acceptors (Lipinski definition) is 5. The molecule has 0 spiro atoms. The third-order valence-electron chi connectivity index (χ3n) is 3.11. The second-order valence-electron chi connectivity index (χ2n) is 4.38. The summed E-state index contributed by atoms with van der Waals surface area (Å²) in [6, 6.07) is 7.12. The van der Waals surface area contributed by atoms with E-state index in [1.165, 1.54) is 7.11 Å². The van der Waals surface area contributed by atoms with E-state index in [2.05, 4.69) is 10.4 Å². The number of methoxy groups -OCH3 is 1. The number of rotatable bonds is 5. The highest BCUT2D eigenvalue weighted by Crippen LogP contribution is 2.24. The van der Waals surface area contributed by atoms with E-state index in [9.17, 15) is 4.79 Å². The summed E-state index contributed by atoms with van der Waals surface area (Å²) in [6.45, 7) is 0.651. The SMILES string of the molecule is COC(=O)c1cccc(N)c1NCCc1ccnn1C. The largest absolute Gasteiger partial charge is 0.465 e. The molecule has 0 bridgehead atoms. The minimum absolute atomic E-state index is 0.402. The number of nitrogens with two attached hydrogens (primary N) is 1. The molecule has 2 aromatic rings. The molecule has 0 aliphatic carbocycles. The van der Waals surface area contributed by atoms with Crippen LogP contribution in [0.3, 0.4) is 0 Å². The van der Waals surface area contributed by atoms with Crippen molar-refractivity contribution >= 4 is 17.3 Å². The maximum absolute atomic E-state index is 11.7. The molecule has 1 aromatic carbocycles. The molecular weight excluding hydrogens is 256 g/mol. The van der Waals surface area contributed by atoms with Gasteiger partial charge < -0.3 is 15.8 Å². The van der Waals surface area contributed by atoms with Gasteiger partial charge in [-0.3, -0.25) is 4.68 Å². The van der Waals surface area contributed by atoms with Gasteiger partial charge in [-0.2, -0.15) is 5.10 Å². The predicted molar refractivity (Wildman–Crippen MR) is 77.6 cm³/mol. The molecule has 0 fully saturated rings. The second kappa shape index (κ2) is 6.10. The maximum atomic E-state index is 11.7. The van der Waals surface area contributed by atoms with Crippen LogP contribution in [-0.2, 0) is 18.2 Å². The average Bonchev–Trinajstić information content (AvgIpc) is 2.85. The number of anilines is 2. The topological polar surface area (TPSA) is 82.2 Å². The molecule has 1 aromatic heterocycles. The van der Waals surface area contributed by atoms with Crippen molar-refractivity contribution in [2.75, 3.05) is 24.7 Å². The van der Waals surface area contributed by atoms with Crippen LogP contribution in [0.1, 0.15) is 16.1 Å². The molecule has 0 aliphatic rings. The quantitative estimate of drug-likeness (QED) is 0.637. The smallest absolute Gasteiger partial charge is 0.340 e. The molecule has 0 radical (unpaired) electrons. The van der Waals surface area contributed by atoms with Crippen LogP contribution >= 0.6 is 0 Å². The summed E-state index contributed by atoms with van der Waals surface area (Å²) in [5, 5.41) is 7.30. The normalized spacial score (nSPS) is 10.3. The summed E-state index contributed by atoms with van der Waals surface area (Å²) in [5.74, 6) is -0.402. The lowest BCUT2D eigenvalue weighted by molar-refractivity contribution is 0.0602. The highest BCUT2D eigenvalue weighted by atomic mass is 16.5. The van der Waals surface area contributed by atoms with E-state index in [0.717, 1.165) is 12.1 Å². The van der Waals surface area contributed by atoms with E-state index in [1.54, 1.807) is 24.4 Å². The van der Waals surface area contributed by atoms with Gasteiger partial charge in [0, 0.05) is 31.9 Å². The van der Waals surface area contributed by atoms with Crippen molar-refractivity contribution in [3.63, 3.8) is 0 Å². The van der Waals surface area contributed by atoms with E-state index in [-0.39, 0.29) is 0 Å². The van der Waals surface area contributed by atoms with Gasteiger partial charge in [-0.1, -0.05) is 6.07 Å². The Bertz CT molecular complexity index is 607. The number of ether oxygens (including phenoxy) is 1. The van der Waals surface area contributed by atoms with Crippen LogP contribution < -0.4 is 11.1 Å². The van der Waals surface area contributed by atoms with Crippen LogP contribution in [0, 0.1) is 0 Å². The van der Waals surface area contributed by atoms with Crippen molar-refractivity contribution in [3.05, 3.63) is 41.7 Å². The number of carbonyl (C=O) groups excluding carboxylic acids is 1.